The predicted molar refractivity (Wildman–Crippen MR) is 113 cm³/mol. The summed E-state index contributed by atoms with van der Waals surface area (Å²) in [6.45, 7) is 6.26. The number of carbonyl (C=O) groups excluding carboxylic acids is 1. The molecule has 31 heavy (non-hydrogen) atoms. The van der Waals surface area contributed by atoms with E-state index in [9.17, 15) is 14.7 Å². The minimum Gasteiger partial charge on any atom is -0.492 e. The van der Waals surface area contributed by atoms with Crippen molar-refractivity contribution in [3.63, 3.8) is 0 Å². The zero-order chi connectivity index (χ0) is 22.3. The number of aromatic nitrogens is 5. The quantitative estimate of drug-likeness (QED) is 0.541. The Morgan fingerprint density at radius 1 is 1.29 bits per heavy atom. The monoisotopic (exact) mass is 427 g/mol. The van der Waals surface area contributed by atoms with Gasteiger partial charge in [0, 0.05) is 18.7 Å². The minimum absolute atomic E-state index is 0.0412. The van der Waals surface area contributed by atoms with Crippen LogP contribution in [0.3, 0.4) is 0 Å². The summed E-state index contributed by atoms with van der Waals surface area (Å²) in [5, 5.41) is 20.9. The first kappa shape index (κ1) is 20.6. The van der Waals surface area contributed by atoms with Gasteiger partial charge in [-0.15, -0.1) is 5.10 Å². The van der Waals surface area contributed by atoms with Gasteiger partial charge in [-0.05, 0) is 18.3 Å². The Kier molecular flexibility index (Phi) is 5.03. The fraction of sp³-hybridized carbons (Fsp3) is 0.450. The van der Waals surface area contributed by atoms with Crippen molar-refractivity contribution >= 4 is 23.2 Å². The smallest absolute Gasteiger partial charge is 0.270 e. The van der Waals surface area contributed by atoms with E-state index in [0.29, 0.717) is 29.7 Å². The van der Waals surface area contributed by atoms with Crippen LogP contribution in [0, 0.1) is 5.41 Å². The van der Waals surface area contributed by atoms with Crippen LogP contribution in [0.1, 0.15) is 44.0 Å². The molecule has 0 atom stereocenters. The highest BCUT2D eigenvalue weighted by atomic mass is 16.5. The summed E-state index contributed by atoms with van der Waals surface area (Å²) in [5.41, 5.74) is -0.800. The summed E-state index contributed by atoms with van der Waals surface area (Å²) >= 11 is 0. The van der Waals surface area contributed by atoms with Crippen molar-refractivity contribution < 1.29 is 14.6 Å². The molecule has 1 aliphatic carbocycles. The summed E-state index contributed by atoms with van der Waals surface area (Å²) in [6.07, 6.45) is 4.68. The lowest BCUT2D eigenvalue weighted by Crippen LogP contribution is -2.37. The van der Waals surface area contributed by atoms with Crippen molar-refractivity contribution in [2.24, 2.45) is 5.41 Å². The molecule has 3 heterocycles. The van der Waals surface area contributed by atoms with Gasteiger partial charge in [0.05, 0.1) is 19.5 Å². The topological polar surface area (TPSA) is 136 Å². The fourth-order valence-corrected chi connectivity index (χ4v) is 3.17. The molecule has 0 unspecified atom stereocenters. The molecule has 0 bridgehead atoms. The molecule has 0 saturated heterocycles. The van der Waals surface area contributed by atoms with E-state index in [1.165, 1.54) is 28.6 Å². The van der Waals surface area contributed by atoms with E-state index in [0.717, 1.165) is 12.8 Å². The van der Waals surface area contributed by atoms with Crippen LogP contribution in [-0.2, 0) is 6.54 Å². The third kappa shape index (κ3) is 4.30. The third-order valence-electron chi connectivity index (χ3n) is 4.70. The lowest BCUT2D eigenvalue weighted by atomic mass is 9.97. The Labute approximate surface area is 178 Å². The average Bonchev–Trinajstić information content (AvgIpc) is 3.41. The number of carbonyl (C=O) groups is 1. The lowest BCUT2D eigenvalue weighted by Gasteiger charge is -2.21. The van der Waals surface area contributed by atoms with E-state index in [4.69, 9.17) is 4.74 Å². The highest BCUT2D eigenvalue weighted by Gasteiger charge is 2.30. The van der Waals surface area contributed by atoms with E-state index < -0.39 is 17.3 Å². The Balaban J connectivity index is 1.83. The van der Waals surface area contributed by atoms with Gasteiger partial charge < -0.3 is 20.5 Å². The molecule has 3 N–H and O–H groups in total. The molecule has 1 aliphatic rings. The van der Waals surface area contributed by atoms with Crippen LogP contribution in [0.5, 0.6) is 11.8 Å². The maximum atomic E-state index is 13.2. The molecule has 0 spiro atoms. The first-order chi connectivity index (χ1) is 14.7. The standard InChI is InChI=1S/C20H25N7O4/c1-20(2,3)10-26-15-7-12(23-13-8-21-9-14(24-13)31-4)25-27(15)19(30)16(18(26)29)17(28)22-11-5-6-11/h7-9,11,30H,5-6,10H2,1-4H3,(H,22,28)(H,23,24,25). The number of anilines is 2. The molecular formula is C20H25N7O4. The molecule has 0 aliphatic heterocycles. The molecule has 1 amide bonds. The lowest BCUT2D eigenvalue weighted by molar-refractivity contribution is 0.0944. The number of hydrogen-bond acceptors (Lipinski definition) is 8. The number of amides is 1. The van der Waals surface area contributed by atoms with Gasteiger partial charge in [-0.25, -0.2) is 0 Å². The molecule has 11 heteroatoms. The SMILES string of the molecule is COc1cncc(Nc2cc3n(CC(C)(C)C)c(=O)c(C(=O)NC4CC4)c(O)n3n2)n1. The van der Waals surface area contributed by atoms with Crippen molar-refractivity contribution in [3.8, 4) is 11.8 Å². The number of nitrogens with zero attached hydrogens (tertiary/aromatic N) is 5. The fourth-order valence-electron chi connectivity index (χ4n) is 3.17. The highest BCUT2D eigenvalue weighted by molar-refractivity contribution is 5.96. The predicted octanol–water partition coefficient (Wildman–Crippen LogP) is 1.68. The van der Waals surface area contributed by atoms with E-state index in [1.807, 2.05) is 20.8 Å². The van der Waals surface area contributed by atoms with Crippen molar-refractivity contribution in [2.75, 3.05) is 12.4 Å². The minimum atomic E-state index is -0.599. The van der Waals surface area contributed by atoms with Gasteiger partial charge >= 0.3 is 0 Å². The van der Waals surface area contributed by atoms with Gasteiger partial charge in [-0.3, -0.25) is 19.1 Å². The highest BCUT2D eigenvalue weighted by Crippen LogP contribution is 2.25. The van der Waals surface area contributed by atoms with Crippen molar-refractivity contribution in [2.45, 2.75) is 46.2 Å². The maximum absolute atomic E-state index is 13.2. The van der Waals surface area contributed by atoms with Gasteiger partial charge in [-0.2, -0.15) is 9.50 Å². The maximum Gasteiger partial charge on any atom is 0.270 e. The van der Waals surface area contributed by atoms with Crippen LogP contribution in [-0.4, -0.2) is 48.3 Å². The Morgan fingerprint density at radius 2 is 2.03 bits per heavy atom. The second-order valence-electron chi connectivity index (χ2n) is 8.77. The Bertz CT molecular complexity index is 1200. The van der Waals surface area contributed by atoms with Crippen LogP contribution in [0.15, 0.2) is 23.3 Å². The number of fused-ring (bicyclic) bond motifs is 1. The van der Waals surface area contributed by atoms with Crippen LogP contribution in [0.4, 0.5) is 11.6 Å². The van der Waals surface area contributed by atoms with Gasteiger partial charge in [0.15, 0.2) is 17.2 Å². The van der Waals surface area contributed by atoms with Crippen LogP contribution in [0.25, 0.3) is 5.65 Å². The molecule has 11 nitrogen and oxygen atoms in total. The number of hydrogen-bond donors (Lipinski definition) is 3. The Morgan fingerprint density at radius 3 is 2.68 bits per heavy atom. The van der Waals surface area contributed by atoms with Crippen LogP contribution in [0.2, 0.25) is 0 Å². The van der Waals surface area contributed by atoms with E-state index in [2.05, 4.69) is 25.7 Å². The van der Waals surface area contributed by atoms with Gasteiger partial charge in [0.2, 0.25) is 11.8 Å². The molecule has 3 aromatic rings. The van der Waals surface area contributed by atoms with E-state index in [-0.39, 0.29) is 17.0 Å². The molecule has 1 saturated carbocycles. The van der Waals surface area contributed by atoms with Gasteiger partial charge in [0.1, 0.15) is 5.65 Å². The third-order valence-corrected chi connectivity index (χ3v) is 4.70. The number of nitrogens with one attached hydrogen (secondary N) is 2. The summed E-state index contributed by atoms with van der Waals surface area (Å²) < 4.78 is 7.71. The summed E-state index contributed by atoms with van der Waals surface area (Å²) in [5.74, 6) is -0.0927. The molecule has 3 aromatic heterocycles. The molecule has 0 aromatic carbocycles. The zero-order valence-corrected chi connectivity index (χ0v) is 17.8. The second-order valence-corrected chi connectivity index (χ2v) is 8.77. The molecule has 164 valence electrons. The number of methoxy groups -OCH3 is 1. The Hall–Kier alpha value is -3.63. The molecule has 4 rings (SSSR count). The first-order valence-electron chi connectivity index (χ1n) is 9.96. The van der Waals surface area contributed by atoms with E-state index in [1.54, 1.807) is 6.07 Å². The number of aromatic hydroxyl groups is 1. The number of ether oxygens (including phenoxy) is 1. The van der Waals surface area contributed by atoms with Crippen molar-refractivity contribution in [1.82, 2.24) is 29.5 Å². The summed E-state index contributed by atoms with van der Waals surface area (Å²) in [6, 6.07) is 1.65. The second kappa shape index (κ2) is 7.56. The van der Waals surface area contributed by atoms with Crippen molar-refractivity contribution in [1.29, 1.82) is 0 Å². The average molecular weight is 427 g/mol. The van der Waals surface area contributed by atoms with Gasteiger partial charge in [-0.1, -0.05) is 20.8 Å². The van der Waals surface area contributed by atoms with Crippen LogP contribution < -0.4 is 20.9 Å². The normalized spacial score (nSPS) is 13.9. The van der Waals surface area contributed by atoms with Gasteiger partial charge in [0.25, 0.3) is 11.5 Å². The summed E-state index contributed by atoms with van der Waals surface area (Å²) in [4.78, 5) is 34.2. The van der Waals surface area contributed by atoms with E-state index >= 15 is 0 Å². The van der Waals surface area contributed by atoms with Crippen molar-refractivity contribution in [3.05, 3.63) is 34.4 Å². The zero-order valence-electron chi connectivity index (χ0n) is 17.8. The molecular weight excluding hydrogens is 402 g/mol. The number of rotatable bonds is 6. The molecule has 1 fully saturated rings. The largest absolute Gasteiger partial charge is 0.492 e. The summed E-state index contributed by atoms with van der Waals surface area (Å²) in [7, 11) is 1.48. The molecule has 0 radical (unpaired) electrons. The van der Waals surface area contributed by atoms with Crippen LogP contribution >= 0.6 is 0 Å². The first-order valence-corrected chi connectivity index (χ1v) is 9.96.